The molecule has 0 heterocycles. The molecule has 0 rings (SSSR count). The molecule has 1 radical (unpaired) electrons. The second-order valence-corrected chi connectivity index (χ2v) is 5.04. The zero-order chi connectivity index (χ0) is 12.8. The normalized spacial score (nSPS) is 12.9. The molecule has 0 saturated carbocycles. The fourth-order valence-electron chi connectivity index (χ4n) is 2.01. The van der Waals surface area contributed by atoms with Gasteiger partial charge in [0.05, 0.1) is 6.10 Å². The van der Waals surface area contributed by atoms with E-state index in [4.69, 9.17) is 5.11 Å². The molecule has 1 unspecified atom stereocenters. The van der Waals surface area contributed by atoms with E-state index in [-0.39, 0.29) is 0 Å². The Morgan fingerprint density at radius 3 is 1.82 bits per heavy atom. The molecule has 2 nitrogen and oxygen atoms in total. The summed E-state index contributed by atoms with van der Waals surface area (Å²) >= 11 is 0. The molecular formula is C15H32NO. The maximum absolute atomic E-state index is 8.94. The Morgan fingerprint density at radius 2 is 1.35 bits per heavy atom. The standard InChI is InChI=1S/C15H32NO/c1-3-4-5-6-7-8-9-10-11-12-13-16-14-15(2)17/h15-17H,2-14H2,1H3. The van der Waals surface area contributed by atoms with Gasteiger partial charge in [-0.25, -0.2) is 0 Å². The van der Waals surface area contributed by atoms with E-state index in [2.05, 4.69) is 19.2 Å². The summed E-state index contributed by atoms with van der Waals surface area (Å²) in [6, 6.07) is 0. The minimum Gasteiger partial charge on any atom is -0.392 e. The van der Waals surface area contributed by atoms with Crippen LogP contribution in [0.15, 0.2) is 0 Å². The molecule has 0 bridgehead atoms. The van der Waals surface area contributed by atoms with Crippen molar-refractivity contribution in [3.05, 3.63) is 6.92 Å². The highest BCUT2D eigenvalue weighted by Gasteiger charge is 1.95. The predicted molar refractivity (Wildman–Crippen MR) is 76.1 cm³/mol. The van der Waals surface area contributed by atoms with Crippen molar-refractivity contribution in [1.29, 1.82) is 0 Å². The third-order valence-electron chi connectivity index (χ3n) is 3.09. The van der Waals surface area contributed by atoms with Gasteiger partial charge in [-0.2, -0.15) is 0 Å². The second kappa shape index (κ2) is 14.0. The fraction of sp³-hybridized carbons (Fsp3) is 0.933. The zero-order valence-electron chi connectivity index (χ0n) is 11.7. The summed E-state index contributed by atoms with van der Waals surface area (Å²) in [5, 5.41) is 12.1. The van der Waals surface area contributed by atoms with E-state index in [1.807, 2.05) is 0 Å². The molecule has 1 atom stereocenters. The van der Waals surface area contributed by atoms with E-state index >= 15 is 0 Å². The van der Waals surface area contributed by atoms with Crippen molar-refractivity contribution in [3.8, 4) is 0 Å². The molecule has 2 heteroatoms. The number of nitrogens with one attached hydrogen (secondary N) is 1. The Morgan fingerprint density at radius 1 is 0.882 bits per heavy atom. The first kappa shape index (κ1) is 16.9. The van der Waals surface area contributed by atoms with Crippen molar-refractivity contribution in [2.75, 3.05) is 13.1 Å². The van der Waals surface area contributed by atoms with Gasteiger partial charge in [0.15, 0.2) is 0 Å². The monoisotopic (exact) mass is 242 g/mol. The molecule has 0 aliphatic carbocycles. The van der Waals surface area contributed by atoms with Crippen LogP contribution < -0.4 is 5.32 Å². The summed E-state index contributed by atoms with van der Waals surface area (Å²) in [4.78, 5) is 0. The minimum absolute atomic E-state index is 0.460. The molecular weight excluding hydrogens is 210 g/mol. The van der Waals surface area contributed by atoms with E-state index in [1.165, 1.54) is 64.2 Å². The summed E-state index contributed by atoms with van der Waals surface area (Å²) in [6.45, 7) is 7.43. The van der Waals surface area contributed by atoms with Gasteiger partial charge in [0.25, 0.3) is 0 Å². The van der Waals surface area contributed by atoms with Crippen LogP contribution in [0.4, 0.5) is 0 Å². The van der Waals surface area contributed by atoms with Crippen molar-refractivity contribution in [1.82, 2.24) is 5.32 Å². The molecule has 0 aromatic heterocycles. The summed E-state index contributed by atoms with van der Waals surface area (Å²) in [5.41, 5.74) is 0. The van der Waals surface area contributed by atoms with E-state index in [0.29, 0.717) is 6.54 Å². The lowest BCUT2D eigenvalue weighted by molar-refractivity contribution is 0.216. The fourth-order valence-corrected chi connectivity index (χ4v) is 2.01. The molecule has 0 aliphatic heterocycles. The van der Waals surface area contributed by atoms with Crippen LogP contribution in [-0.4, -0.2) is 24.3 Å². The maximum atomic E-state index is 8.94. The SMILES string of the molecule is [CH2]C(O)CNCCCCCCCCCCCC. The van der Waals surface area contributed by atoms with E-state index in [1.54, 1.807) is 0 Å². The van der Waals surface area contributed by atoms with E-state index in [9.17, 15) is 0 Å². The van der Waals surface area contributed by atoms with Gasteiger partial charge < -0.3 is 10.4 Å². The van der Waals surface area contributed by atoms with Crippen LogP contribution in [0, 0.1) is 6.92 Å². The summed E-state index contributed by atoms with van der Waals surface area (Å²) in [5.74, 6) is 0. The lowest BCUT2D eigenvalue weighted by Crippen LogP contribution is -2.25. The number of hydrogen-bond donors (Lipinski definition) is 2. The zero-order valence-corrected chi connectivity index (χ0v) is 11.7. The van der Waals surface area contributed by atoms with Gasteiger partial charge in [0.2, 0.25) is 0 Å². The topological polar surface area (TPSA) is 32.3 Å². The summed E-state index contributed by atoms with van der Waals surface area (Å²) in [7, 11) is 0. The molecule has 0 aromatic rings. The van der Waals surface area contributed by atoms with Crippen molar-refractivity contribution in [2.24, 2.45) is 0 Å². The Bertz CT molecular complexity index is 137. The minimum atomic E-state index is -0.460. The third-order valence-corrected chi connectivity index (χ3v) is 3.09. The average Bonchev–Trinajstić information content (AvgIpc) is 2.30. The maximum Gasteiger partial charge on any atom is 0.0665 e. The Hall–Kier alpha value is -0.0800. The predicted octanol–water partition coefficient (Wildman–Crippen LogP) is 3.69. The highest BCUT2D eigenvalue weighted by molar-refractivity contribution is 4.60. The number of unbranched alkanes of at least 4 members (excludes halogenated alkanes) is 9. The van der Waals surface area contributed by atoms with E-state index < -0.39 is 6.10 Å². The molecule has 17 heavy (non-hydrogen) atoms. The van der Waals surface area contributed by atoms with Gasteiger partial charge in [-0.3, -0.25) is 0 Å². The first-order valence-corrected chi connectivity index (χ1v) is 7.49. The van der Waals surface area contributed by atoms with Gasteiger partial charge in [-0.05, 0) is 19.9 Å². The highest BCUT2D eigenvalue weighted by atomic mass is 16.3. The lowest BCUT2D eigenvalue weighted by Gasteiger charge is -2.06. The molecule has 0 aromatic carbocycles. The first-order chi connectivity index (χ1) is 8.27. The molecule has 0 saturated heterocycles. The van der Waals surface area contributed by atoms with Crippen LogP contribution in [0.25, 0.3) is 0 Å². The average molecular weight is 242 g/mol. The lowest BCUT2D eigenvalue weighted by atomic mass is 10.1. The van der Waals surface area contributed by atoms with Crippen LogP contribution in [0.3, 0.4) is 0 Å². The third kappa shape index (κ3) is 15.9. The molecule has 103 valence electrons. The Labute approximate surface area is 108 Å². The van der Waals surface area contributed by atoms with Crippen molar-refractivity contribution in [2.45, 2.75) is 77.2 Å². The second-order valence-electron chi connectivity index (χ2n) is 5.04. The van der Waals surface area contributed by atoms with Gasteiger partial charge >= 0.3 is 0 Å². The van der Waals surface area contributed by atoms with Gasteiger partial charge in [-0.1, -0.05) is 64.7 Å². The van der Waals surface area contributed by atoms with Crippen LogP contribution >= 0.6 is 0 Å². The van der Waals surface area contributed by atoms with Crippen LogP contribution in [0.2, 0.25) is 0 Å². The van der Waals surface area contributed by atoms with Crippen LogP contribution in [-0.2, 0) is 0 Å². The quantitative estimate of drug-likeness (QED) is 0.483. The van der Waals surface area contributed by atoms with Crippen molar-refractivity contribution >= 4 is 0 Å². The van der Waals surface area contributed by atoms with Crippen LogP contribution in [0.5, 0.6) is 0 Å². The highest BCUT2D eigenvalue weighted by Crippen LogP contribution is 2.10. The Kier molecular flexibility index (Phi) is 13.9. The molecule has 2 N–H and O–H groups in total. The van der Waals surface area contributed by atoms with Crippen molar-refractivity contribution < 1.29 is 5.11 Å². The smallest absolute Gasteiger partial charge is 0.0665 e. The molecule has 0 amide bonds. The number of rotatable bonds is 13. The summed E-state index contributed by atoms with van der Waals surface area (Å²) < 4.78 is 0. The number of hydrogen-bond acceptors (Lipinski definition) is 2. The molecule has 0 aliphatic rings. The van der Waals surface area contributed by atoms with E-state index in [0.717, 1.165) is 6.54 Å². The van der Waals surface area contributed by atoms with Crippen LogP contribution in [0.1, 0.15) is 71.1 Å². The summed E-state index contributed by atoms with van der Waals surface area (Å²) in [6.07, 6.45) is 13.3. The number of aliphatic hydroxyl groups is 1. The van der Waals surface area contributed by atoms with Gasteiger partial charge in [-0.15, -0.1) is 0 Å². The first-order valence-electron chi connectivity index (χ1n) is 7.49. The molecule has 0 spiro atoms. The van der Waals surface area contributed by atoms with Crippen molar-refractivity contribution in [3.63, 3.8) is 0 Å². The van der Waals surface area contributed by atoms with Gasteiger partial charge in [0.1, 0.15) is 0 Å². The number of aliphatic hydroxyl groups excluding tert-OH is 1. The Balaban J connectivity index is 2.89. The largest absolute Gasteiger partial charge is 0.392 e. The molecule has 0 fully saturated rings. The van der Waals surface area contributed by atoms with Gasteiger partial charge in [0, 0.05) is 6.54 Å².